The summed E-state index contributed by atoms with van der Waals surface area (Å²) < 4.78 is 38.1. The van der Waals surface area contributed by atoms with Crippen molar-refractivity contribution in [3.05, 3.63) is 54.1 Å². The smallest absolute Gasteiger partial charge is 0.241 e. The molecule has 1 fully saturated rings. The zero-order valence-electron chi connectivity index (χ0n) is 17.8. The van der Waals surface area contributed by atoms with Crippen molar-refractivity contribution in [1.82, 2.24) is 4.90 Å². The van der Waals surface area contributed by atoms with E-state index < -0.39 is 21.7 Å². The third-order valence-electron chi connectivity index (χ3n) is 4.54. The van der Waals surface area contributed by atoms with Crippen LogP contribution in [-0.4, -0.2) is 57.4 Å². The Labute approximate surface area is 183 Å². The molecule has 8 nitrogen and oxygen atoms in total. The molecular formula is C22H29N3O5S. The third kappa shape index (κ3) is 7.86. The van der Waals surface area contributed by atoms with E-state index in [0.29, 0.717) is 17.1 Å². The molecule has 3 rings (SSSR count). The molecule has 0 bridgehead atoms. The number of ether oxygens (including phenoxy) is 2. The number of carbonyl (C=O) groups is 1. The van der Waals surface area contributed by atoms with Gasteiger partial charge in [-0.1, -0.05) is 12.1 Å². The highest BCUT2D eigenvalue weighted by atomic mass is 32.2. The number of morpholine rings is 1. The summed E-state index contributed by atoms with van der Waals surface area (Å²) in [5.41, 5.74) is 1.99. The molecule has 1 amide bonds. The van der Waals surface area contributed by atoms with Gasteiger partial charge in [0.15, 0.2) is 0 Å². The maximum absolute atomic E-state index is 12.4. The maximum atomic E-state index is 12.4. The molecule has 2 aromatic carbocycles. The van der Waals surface area contributed by atoms with Gasteiger partial charge >= 0.3 is 0 Å². The molecule has 1 heterocycles. The molecule has 2 aromatic rings. The van der Waals surface area contributed by atoms with Crippen molar-refractivity contribution in [1.29, 1.82) is 0 Å². The Hall–Kier alpha value is -2.62. The van der Waals surface area contributed by atoms with Gasteiger partial charge in [0.1, 0.15) is 11.5 Å². The minimum Gasteiger partial charge on any atom is -0.491 e. The monoisotopic (exact) mass is 447 g/mol. The van der Waals surface area contributed by atoms with E-state index in [1.807, 2.05) is 32.0 Å². The summed E-state index contributed by atoms with van der Waals surface area (Å²) in [5, 5.41) is 2.67. The van der Waals surface area contributed by atoms with Crippen LogP contribution in [0.2, 0.25) is 0 Å². The van der Waals surface area contributed by atoms with Gasteiger partial charge in [0.25, 0.3) is 0 Å². The third-order valence-corrected chi connectivity index (χ3v) is 5.73. The van der Waals surface area contributed by atoms with E-state index in [0.717, 1.165) is 38.4 Å². The van der Waals surface area contributed by atoms with E-state index >= 15 is 0 Å². The fraction of sp³-hybridized carbons (Fsp3) is 0.409. The molecule has 2 N–H and O–H groups in total. The SMILES string of the molecule is CC(C)Oc1ccc(NS(=O)(=O)CC(=O)Nc2cccc(CN3CCOCC3)c2)cc1. The van der Waals surface area contributed by atoms with Crippen LogP contribution < -0.4 is 14.8 Å². The quantitative estimate of drug-likeness (QED) is 0.614. The van der Waals surface area contributed by atoms with Crippen molar-refractivity contribution >= 4 is 27.3 Å². The second-order valence-electron chi connectivity index (χ2n) is 7.69. The average molecular weight is 448 g/mol. The summed E-state index contributed by atoms with van der Waals surface area (Å²) in [6.45, 7) is 7.74. The first-order valence-corrected chi connectivity index (χ1v) is 11.9. The minimum atomic E-state index is -3.85. The van der Waals surface area contributed by atoms with Gasteiger partial charge in [-0.05, 0) is 55.8 Å². The molecule has 0 aliphatic carbocycles. The maximum Gasteiger partial charge on any atom is 0.241 e. The first-order valence-electron chi connectivity index (χ1n) is 10.3. The number of hydrogen-bond acceptors (Lipinski definition) is 6. The summed E-state index contributed by atoms with van der Waals surface area (Å²) in [5.74, 6) is -0.631. The summed E-state index contributed by atoms with van der Waals surface area (Å²) in [6, 6.07) is 14.0. The number of amides is 1. The number of rotatable bonds is 9. The van der Waals surface area contributed by atoms with Crippen LogP contribution in [0.15, 0.2) is 48.5 Å². The van der Waals surface area contributed by atoms with Crippen LogP contribution in [0.4, 0.5) is 11.4 Å². The number of sulfonamides is 1. The van der Waals surface area contributed by atoms with Gasteiger partial charge in [0.2, 0.25) is 15.9 Å². The lowest BCUT2D eigenvalue weighted by atomic mass is 10.2. The van der Waals surface area contributed by atoms with Gasteiger partial charge in [-0.2, -0.15) is 0 Å². The Bertz CT molecular complexity index is 971. The van der Waals surface area contributed by atoms with E-state index in [4.69, 9.17) is 9.47 Å². The summed E-state index contributed by atoms with van der Waals surface area (Å²) >= 11 is 0. The van der Waals surface area contributed by atoms with Crippen LogP contribution in [0.3, 0.4) is 0 Å². The molecule has 168 valence electrons. The highest BCUT2D eigenvalue weighted by molar-refractivity contribution is 7.93. The van der Waals surface area contributed by atoms with Gasteiger partial charge in [-0.25, -0.2) is 8.42 Å². The Balaban J connectivity index is 1.53. The molecule has 0 atom stereocenters. The number of nitrogens with zero attached hydrogens (tertiary/aromatic N) is 1. The molecule has 0 spiro atoms. The summed E-state index contributed by atoms with van der Waals surface area (Å²) in [4.78, 5) is 14.6. The van der Waals surface area contributed by atoms with E-state index in [1.54, 1.807) is 30.3 Å². The van der Waals surface area contributed by atoms with Gasteiger partial charge in [0, 0.05) is 31.0 Å². The van der Waals surface area contributed by atoms with Gasteiger partial charge in [-0.3, -0.25) is 14.4 Å². The van der Waals surface area contributed by atoms with Crippen LogP contribution in [0.5, 0.6) is 5.75 Å². The Kier molecular flexibility index (Phi) is 7.89. The van der Waals surface area contributed by atoms with Gasteiger partial charge in [-0.15, -0.1) is 0 Å². The lowest BCUT2D eigenvalue weighted by Gasteiger charge is -2.26. The predicted molar refractivity (Wildman–Crippen MR) is 121 cm³/mol. The normalized spacial score (nSPS) is 14.9. The fourth-order valence-electron chi connectivity index (χ4n) is 3.22. The standard InChI is InChI=1S/C22H29N3O5S/c1-17(2)30-21-8-6-19(7-9-21)24-31(27,28)16-22(26)23-20-5-3-4-18(14-20)15-25-10-12-29-13-11-25/h3-9,14,17,24H,10-13,15-16H2,1-2H3,(H,23,26). The first kappa shape index (κ1) is 23.1. The number of nitrogens with one attached hydrogen (secondary N) is 2. The van der Waals surface area contributed by atoms with Crippen LogP contribution in [0, 0.1) is 0 Å². The van der Waals surface area contributed by atoms with E-state index in [-0.39, 0.29) is 6.10 Å². The molecular weight excluding hydrogens is 418 g/mol. The predicted octanol–water partition coefficient (Wildman–Crippen LogP) is 2.69. The molecule has 1 saturated heterocycles. The van der Waals surface area contributed by atoms with Crippen LogP contribution in [-0.2, 0) is 26.1 Å². The Morgan fingerprint density at radius 1 is 1.10 bits per heavy atom. The topological polar surface area (TPSA) is 97.0 Å². The molecule has 0 unspecified atom stereocenters. The number of carbonyl (C=O) groups excluding carboxylic acids is 1. The molecule has 0 aromatic heterocycles. The number of anilines is 2. The average Bonchev–Trinajstić information content (AvgIpc) is 2.69. The van der Waals surface area contributed by atoms with Crippen molar-refractivity contribution in [3.63, 3.8) is 0 Å². The Morgan fingerprint density at radius 2 is 1.81 bits per heavy atom. The van der Waals surface area contributed by atoms with Gasteiger partial charge < -0.3 is 14.8 Å². The van der Waals surface area contributed by atoms with E-state index in [9.17, 15) is 13.2 Å². The van der Waals surface area contributed by atoms with Crippen LogP contribution in [0.25, 0.3) is 0 Å². The van der Waals surface area contributed by atoms with E-state index in [1.165, 1.54) is 0 Å². The van der Waals surface area contributed by atoms with Crippen molar-refractivity contribution in [3.8, 4) is 5.75 Å². The second kappa shape index (κ2) is 10.6. The Morgan fingerprint density at radius 3 is 2.48 bits per heavy atom. The summed E-state index contributed by atoms with van der Waals surface area (Å²) in [7, 11) is -3.85. The largest absolute Gasteiger partial charge is 0.491 e. The molecule has 0 radical (unpaired) electrons. The van der Waals surface area contributed by atoms with Gasteiger partial charge in [0.05, 0.1) is 19.3 Å². The fourth-order valence-corrected chi connectivity index (χ4v) is 4.21. The molecule has 0 saturated carbocycles. The van der Waals surface area contributed by atoms with Crippen molar-refractivity contribution in [2.45, 2.75) is 26.5 Å². The number of hydrogen-bond donors (Lipinski definition) is 2. The highest BCUT2D eigenvalue weighted by Gasteiger charge is 2.17. The van der Waals surface area contributed by atoms with Crippen molar-refractivity contribution in [2.24, 2.45) is 0 Å². The highest BCUT2D eigenvalue weighted by Crippen LogP contribution is 2.18. The zero-order chi connectivity index (χ0) is 22.3. The minimum absolute atomic E-state index is 0.0265. The molecule has 9 heteroatoms. The second-order valence-corrected chi connectivity index (χ2v) is 9.41. The lowest BCUT2D eigenvalue weighted by Crippen LogP contribution is -2.35. The molecule has 1 aliphatic heterocycles. The zero-order valence-corrected chi connectivity index (χ0v) is 18.7. The summed E-state index contributed by atoms with van der Waals surface area (Å²) in [6.07, 6.45) is 0.0265. The van der Waals surface area contributed by atoms with Crippen molar-refractivity contribution in [2.75, 3.05) is 42.1 Å². The first-order chi connectivity index (χ1) is 14.8. The van der Waals surface area contributed by atoms with Crippen LogP contribution in [0.1, 0.15) is 19.4 Å². The van der Waals surface area contributed by atoms with Crippen molar-refractivity contribution < 1.29 is 22.7 Å². The lowest BCUT2D eigenvalue weighted by molar-refractivity contribution is -0.113. The van der Waals surface area contributed by atoms with Crippen LogP contribution >= 0.6 is 0 Å². The number of benzene rings is 2. The molecule has 31 heavy (non-hydrogen) atoms. The molecule has 1 aliphatic rings. The van der Waals surface area contributed by atoms with E-state index in [2.05, 4.69) is 14.9 Å².